The monoisotopic (exact) mass is 357 g/mol. The first kappa shape index (κ1) is 16.6. The highest BCUT2D eigenvalue weighted by molar-refractivity contribution is 5.81. The van der Waals surface area contributed by atoms with Gasteiger partial charge in [0, 0.05) is 24.1 Å². The van der Waals surface area contributed by atoms with Crippen molar-refractivity contribution in [2.45, 2.75) is 6.42 Å². The molecule has 7 nitrogen and oxygen atoms in total. The van der Waals surface area contributed by atoms with Crippen molar-refractivity contribution in [2.75, 3.05) is 5.73 Å². The quantitative estimate of drug-likeness (QED) is 0.440. The van der Waals surface area contributed by atoms with Crippen LogP contribution >= 0.6 is 0 Å². The molecule has 27 heavy (non-hydrogen) atoms. The number of hydrogen-bond donors (Lipinski definition) is 1. The number of nitrogens with two attached hydrogens (primary N) is 1. The maximum atomic E-state index is 10.8. The number of nitro groups is 1. The van der Waals surface area contributed by atoms with Crippen molar-refractivity contribution < 1.29 is 4.92 Å². The van der Waals surface area contributed by atoms with E-state index in [1.807, 2.05) is 42.5 Å². The molecule has 0 atom stereocenters. The zero-order valence-electron chi connectivity index (χ0n) is 14.2. The van der Waals surface area contributed by atoms with Gasteiger partial charge in [-0.25, -0.2) is 15.0 Å². The fourth-order valence-electron chi connectivity index (χ4n) is 2.92. The first-order chi connectivity index (χ1) is 13.1. The average molecular weight is 357 g/mol. The highest BCUT2D eigenvalue weighted by atomic mass is 16.6. The minimum absolute atomic E-state index is 0.0420. The molecule has 2 aromatic heterocycles. The molecule has 4 rings (SSSR count). The fraction of sp³-hybridized carbons (Fsp3) is 0.0500. The first-order valence-electron chi connectivity index (χ1n) is 8.32. The highest BCUT2D eigenvalue weighted by Crippen LogP contribution is 2.25. The zero-order valence-corrected chi connectivity index (χ0v) is 14.2. The van der Waals surface area contributed by atoms with Crippen LogP contribution in [0.5, 0.6) is 0 Å². The van der Waals surface area contributed by atoms with Crippen LogP contribution in [0.3, 0.4) is 0 Å². The van der Waals surface area contributed by atoms with E-state index >= 15 is 0 Å². The second-order valence-corrected chi connectivity index (χ2v) is 6.06. The van der Waals surface area contributed by atoms with Crippen LogP contribution in [0.2, 0.25) is 0 Å². The van der Waals surface area contributed by atoms with Crippen molar-refractivity contribution in [3.8, 4) is 11.3 Å². The molecule has 0 saturated carbocycles. The zero-order chi connectivity index (χ0) is 18.8. The van der Waals surface area contributed by atoms with Gasteiger partial charge in [0.1, 0.15) is 5.52 Å². The van der Waals surface area contributed by atoms with Crippen molar-refractivity contribution >= 4 is 22.7 Å². The van der Waals surface area contributed by atoms with Gasteiger partial charge < -0.3 is 5.73 Å². The standard InChI is InChI=1S/C20H15N5O2/c21-20-23-17-11-10-16(14-6-8-15(9-7-14)25(26)27)22-19(17)18(24-20)12-13-4-2-1-3-5-13/h1-11H,12H2,(H2,21,23,24). The fourth-order valence-corrected chi connectivity index (χ4v) is 2.92. The van der Waals surface area contributed by atoms with Crippen LogP contribution in [0.15, 0.2) is 66.7 Å². The van der Waals surface area contributed by atoms with Gasteiger partial charge in [0.15, 0.2) is 0 Å². The van der Waals surface area contributed by atoms with E-state index in [4.69, 9.17) is 10.7 Å². The Morgan fingerprint density at radius 1 is 0.889 bits per heavy atom. The minimum atomic E-state index is -0.424. The van der Waals surface area contributed by atoms with E-state index in [2.05, 4.69) is 9.97 Å². The number of pyridine rings is 1. The van der Waals surface area contributed by atoms with Gasteiger partial charge in [0.2, 0.25) is 5.95 Å². The summed E-state index contributed by atoms with van der Waals surface area (Å²) < 4.78 is 0. The SMILES string of the molecule is Nc1nc(Cc2ccccc2)c2nc(-c3ccc([N+](=O)[O-])cc3)ccc2n1. The Morgan fingerprint density at radius 3 is 2.33 bits per heavy atom. The molecule has 0 fully saturated rings. The lowest BCUT2D eigenvalue weighted by Crippen LogP contribution is -2.03. The molecule has 4 aromatic rings. The van der Waals surface area contributed by atoms with E-state index in [-0.39, 0.29) is 11.6 Å². The number of nitro benzene ring substituents is 1. The predicted molar refractivity (Wildman–Crippen MR) is 103 cm³/mol. The molecule has 0 aliphatic carbocycles. The van der Waals surface area contributed by atoms with Gasteiger partial charge in [-0.05, 0) is 29.8 Å². The van der Waals surface area contributed by atoms with Crippen molar-refractivity contribution in [2.24, 2.45) is 0 Å². The second-order valence-electron chi connectivity index (χ2n) is 6.06. The summed E-state index contributed by atoms with van der Waals surface area (Å²) in [5.41, 5.74) is 10.6. The Bertz CT molecular complexity index is 1130. The van der Waals surface area contributed by atoms with Gasteiger partial charge in [0.05, 0.1) is 21.8 Å². The van der Waals surface area contributed by atoms with Crippen LogP contribution in [-0.4, -0.2) is 19.9 Å². The second kappa shape index (κ2) is 6.80. The maximum absolute atomic E-state index is 10.8. The number of nitrogens with zero attached hydrogens (tertiary/aromatic N) is 4. The van der Waals surface area contributed by atoms with Crippen molar-refractivity contribution in [1.29, 1.82) is 0 Å². The lowest BCUT2D eigenvalue weighted by Gasteiger charge is -2.08. The molecule has 0 radical (unpaired) electrons. The molecule has 0 aliphatic heterocycles. The van der Waals surface area contributed by atoms with Gasteiger partial charge in [-0.15, -0.1) is 0 Å². The molecular weight excluding hydrogens is 342 g/mol. The molecule has 0 amide bonds. The van der Waals surface area contributed by atoms with E-state index in [0.717, 1.165) is 16.8 Å². The average Bonchev–Trinajstić information content (AvgIpc) is 2.68. The number of nitrogen functional groups attached to an aromatic ring is 1. The van der Waals surface area contributed by atoms with E-state index in [1.54, 1.807) is 12.1 Å². The molecule has 132 valence electrons. The number of benzene rings is 2. The van der Waals surface area contributed by atoms with Crippen molar-refractivity contribution in [3.05, 3.63) is 88.1 Å². The Kier molecular flexibility index (Phi) is 4.18. The smallest absolute Gasteiger partial charge is 0.269 e. The Balaban J connectivity index is 1.79. The van der Waals surface area contributed by atoms with E-state index in [9.17, 15) is 10.1 Å². The summed E-state index contributed by atoms with van der Waals surface area (Å²) in [7, 11) is 0. The number of fused-ring (bicyclic) bond motifs is 1. The lowest BCUT2D eigenvalue weighted by atomic mass is 10.1. The number of aromatic nitrogens is 3. The van der Waals surface area contributed by atoms with Crippen LogP contribution in [-0.2, 0) is 6.42 Å². The normalized spacial score (nSPS) is 10.8. The Labute approximate surface area is 154 Å². The van der Waals surface area contributed by atoms with Gasteiger partial charge in [-0.3, -0.25) is 10.1 Å². The number of hydrogen-bond acceptors (Lipinski definition) is 6. The molecular formula is C20H15N5O2. The van der Waals surface area contributed by atoms with Gasteiger partial charge in [0.25, 0.3) is 5.69 Å². The van der Waals surface area contributed by atoms with Crippen molar-refractivity contribution in [3.63, 3.8) is 0 Å². The van der Waals surface area contributed by atoms with Crippen LogP contribution in [0.4, 0.5) is 11.6 Å². The lowest BCUT2D eigenvalue weighted by molar-refractivity contribution is -0.384. The summed E-state index contributed by atoms with van der Waals surface area (Å²) in [5, 5.41) is 10.8. The summed E-state index contributed by atoms with van der Waals surface area (Å²) in [4.78, 5) is 23.8. The molecule has 2 heterocycles. The molecule has 0 saturated heterocycles. The van der Waals surface area contributed by atoms with E-state index in [1.165, 1.54) is 12.1 Å². The Morgan fingerprint density at radius 2 is 1.63 bits per heavy atom. The molecule has 2 N–H and O–H groups in total. The van der Waals surface area contributed by atoms with Crippen LogP contribution in [0.1, 0.15) is 11.3 Å². The summed E-state index contributed by atoms with van der Waals surface area (Å²) in [6.45, 7) is 0. The van der Waals surface area contributed by atoms with Crippen LogP contribution in [0.25, 0.3) is 22.3 Å². The summed E-state index contributed by atoms with van der Waals surface area (Å²) in [6.07, 6.45) is 0.584. The van der Waals surface area contributed by atoms with E-state index < -0.39 is 4.92 Å². The molecule has 0 bridgehead atoms. The molecule has 0 unspecified atom stereocenters. The third-order valence-electron chi connectivity index (χ3n) is 4.22. The third-order valence-corrected chi connectivity index (χ3v) is 4.22. The van der Waals surface area contributed by atoms with Crippen LogP contribution in [0, 0.1) is 10.1 Å². The molecule has 7 heteroatoms. The molecule has 0 spiro atoms. The molecule has 2 aromatic carbocycles. The van der Waals surface area contributed by atoms with Gasteiger partial charge >= 0.3 is 0 Å². The number of anilines is 1. The first-order valence-corrected chi connectivity index (χ1v) is 8.32. The van der Waals surface area contributed by atoms with E-state index in [0.29, 0.717) is 23.1 Å². The minimum Gasteiger partial charge on any atom is -0.368 e. The Hall–Kier alpha value is -3.87. The summed E-state index contributed by atoms with van der Waals surface area (Å²) in [6, 6.07) is 19.9. The largest absolute Gasteiger partial charge is 0.368 e. The van der Waals surface area contributed by atoms with Crippen LogP contribution < -0.4 is 5.73 Å². The topological polar surface area (TPSA) is 108 Å². The third kappa shape index (κ3) is 3.43. The van der Waals surface area contributed by atoms with Gasteiger partial charge in [-0.1, -0.05) is 30.3 Å². The number of rotatable bonds is 4. The number of non-ortho nitro benzene ring substituents is 1. The maximum Gasteiger partial charge on any atom is 0.269 e. The highest BCUT2D eigenvalue weighted by Gasteiger charge is 2.12. The predicted octanol–water partition coefficient (Wildman–Crippen LogP) is 3.77. The van der Waals surface area contributed by atoms with Crippen molar-refractivity contribution in [1.82, 2.24) is 15.0 Å². The summed E-state index contributed by atoms with van der Waals surface area (Å²) in [5.74, 6) is 0.207. The summed E-state index contributed by atoms with van der Waals surface area (Å²) >= 11 is 0. The molecule has 0 aliphatic rings. The van der Waals surface area contributed by atoms with Gasteiger partial charge in [-0.2, -0.15) is 0 Å².